The topological polar surface area (TPSA) is 98.3 Å². The molecular formula is C37H46ClFN8O3. The number of benzene rings is 2. The van der Waals surface area contributed by atoms with Crippen molar-refractivity contribution in [3.05, 3.63) is 71.8 Å². The van der Waals surface area contributed by atoms with Crippen molar-refractivity contribution in [2.45, 2.75) is 76.2 Å². The Morgan fingerprint density at radius 2 is 1.72 bits per heavy atom. The Morgan fingerprint density at radius 1 is 1.00 bits per heavy atom. The van der Waals surface area contributed by atoms with E-state index >= 15 is 0 Å². The highest BCUT2D eigenvalue weighted by molar-refractivity contribution is 6.30. The molecule has 4 aliphatic rings. The van der Waals surface area contributed by atoms with Crippen LogP contribution in [0.25, 0.3) is 0 Å². The van der Waals surface area contributed by atoms with Crippen molar-refractivity contribution in [1.82, 2.24) is 19.8 Å². The van der Waals surface area contributed by atoms with Gasteiger partial charge in [0.15, 0.2) is 5.82 Å². The third-order valence-corrected chi connectivity index (χ3v) is 10.8. The summed E-state index contributed by atoms with van der Waals surface area (Å²) in [6.45, 7) is 12.9. The van der Waals surface area contributed by atoms with Crippen molar-refractivity contribution in [2.75, 3.05) is 60.5 Å². The Morgan fingerprint density at radius 3 is 2.38 bits per heavy atom. The minimum absolute atomic E-state index is 0.0603. The van der Waals surface area contributed by atoms with Gasteiger partial charge in [-0.15, -0.1) is 0 Å². The van der Waals surface area contributed by atoms with Crippen molar-refractivity contribution in [2.24, 2.45) is 0 Å². The van der Waals surface area contributed by atoms with Crippen molar-refractivity contribution >= 4 is 46.2 Å². The summed E-state index contributed by atoms with van der Waals surface area (Å²) < 4.78 is 19.8. The summed E-state index contributed by atoms with van der Waals surface area (Å²) in [4.78, 5) is 35.3. The number of nitrogens with one attached hydrogen (secondary N) is 2. The van der Waals surface area contributed by atoms with Gasteiger partial charge in [0, 0.05) is 68.9 Å². The van der Waals surface area contributed by atoms with Crippen LogP contribution in [0.2, 0.25) is 5.02 Å². The summed E-state index contributed by atoms with van der Waals surface area (Å²) in [5.41, 5.74) is 3.00. The van der Waals surface area contributed by atoms with Crippen molar-refractivity contribution in [3.63, 3.8) is 0 Å². The fourth-order valence-electron chi connectivity index (χ4n) is 7.81. The number of rotatable bonds is 10. The molecule has 3 atom stereocenters. The van der Waals surface area contributed by atoms with Crippen molar-refractivity contribution in [1.29, 1.82) is 0 Å². The van der Waals surface area contributed by atoms with Gasteiger partial charge in [-0.2, -0.15) is 0 Å². The van der Waals surface area contributed by atoms with Gasteiger partial charge in [-0.25, -0.2) is 19.4 Å². The Bertz CT molecular complexity index is 1720. The molecule has 1 aliphatic carbocycles. The van der Waals surface area contributed by atoms with E-state index in [0.717, 1.165) is 56.3 Å². The average Bonchev–Trinajstić information content (AvgIpc) is 3.85. The monoisotopic (exact) mass is 704 g/mol. The molecule has 266 valence electrons. The number of amides is 1. The summed E-state index contributed by atoms with van der Waals surface area (Å²) in [6.07, 6.45) is 8.20. The van der Waals surface area contributed by atoms with E-state index < -0.39 is 5.82 Å². The minimum atomic E-state index is -0.468. The predicted molar refractivity (Wildman–Crippen MR) is 195 cm³/mol. The Labute approximate surface area is 298 Å². The van der Waals surface area contributed by atoms with E-state index in [2.05, 4.69) is 55.7 Å². The third kappa shape index (κ3) is 7.25. The molecule has 11 nitrogen and oxygen atoms in total. The largest absolute Gasteiger partial charge is 0.494 e. The van der Waals surface area contributed by atoms with Crippen LogP contribution in [0.4, 0.5) is 33.1 Å². The number of piperazine rings is 1. The van der Waals surface area contributed by atoms with Gasteiger partial charge in [-0.1, -0.05) is 24.2 Å². The smallest absolute Gasteiger partial charge is 0.247 e. The molecule has 3 aromatic rings. The van der Waals surface area contributed by atoms with Crippen LogP contribution in [0.15, 0.2) is 55.4 Å². The summed E-state index contributed by atoms with van der Waals surface area (Å²) in [7, 11) is 1.63. The third-order valence-electron chi connectivity index (χ3n) is 10.5. The summed E-state index contributed by atoms with van der Waals surface area (Å²) >= 11 is 6.09. The van der Waals surface area contributed by atoms with Gasteiger partial charge in [0.25, 0.3) is 0 Å². The molecule has 1 amide bonds. The molecule has 2 aromatic carbocycles. The maximum atomic E-state index is 13.9. The molecule has 13 heteroatoms. The molecule has 50 heavy (non-hydrogen) atoms. The Kier molecular flexibility index (Phi) is 10.1. The molecule has 0 radical (unpaired) electrons. The maximum absolute atomic E-state index is 13.9. The highest BCUT2D eigenvalue weighted by atomic mass is 35.5. The zero-order valence-electron chi connectivity index (χ0n) is 28.9. The van der Waals surface area contributed by atoms with E-state index in [4.69, 9.17) is 21.2 Å². The van der Waals surface area contributed by atoms with Crippen LogP contribution >= 0.6 is 11.6 Å². The lowest BCUT2D eigenvalue weighted by Crippen LogP contribution is -2.61. The standard InChI is InChI=1S/C37H46ClFN8O3/c1-5-37(48)43-30-17-31(42-35-19-36(41-22-40-35)47-32(12-15-50-47)25-6-9-29(39)28(38)16-25)34(49-4)18-33(30)44-13-10-27(11-14-44)46-21-23(2)45(20-24(46)3)26-7-8-26/h5-6,9,16-19,22-24,26-27,32H,1,7-8,10-15,20-21H2,2-4H3,(H,43,48)(H,40,41,42)/t23-,24-,32?/m0/s1. The Balaban J connectivity index is 1.09. The van der Waals surface area contributed by atoms with Gasteiger partial charge in [-0.05, 0) is 69.4 Å². The molecule has 0 spiro atoms. The summed E-state index contributed by atoms with van der Waals surface area (Å²) in [6, 6.07) is 12.6. The molecule has 1 saturated carbocycles. The van der Waals surface area contributed by atoms with Gasteiger partial charge in [0.2, 0.25) is 5.91 Å². The molecule has 3 aliphatic heterocycles. The van der Waals surface area contributed by atoms with Crippen LogP contribution in [-0.4, -0.2) is 89.7 Å². The first kappa shape index (κ1) is 34.5. The number of hydrogen-bond donors (Lipinski definition) is 2. The van der Waals surface area contributed by atoms with Crippen molar-refractivity contribution < 1.29 is 18.8 Å². The van der Waals surface area contributed by atoms with Gasteiger partial charge < -0.3 is 20.3 Å². The number of hydrogen-bond acceptors (Lipinski definition) is 10. The van der Waals surface area contributed by atoms with Gasteiger partial charge in [0.1, 0.15) is 23.7 Å². The molecular weight excluding hydrogens is 659 g/mol. The highest BCUT2D eigenvalue weighted by Gasteiger charge is 2.40. The van der Waals surface area contributed by atoms with Gasteiger partial charge in [-0.3, -0.25) is 19.4 Å². The number of halogens is 2. The normalized spacial score (nSPS) is 23.6. The average molecular weight is 705 g/mol. The second kappa shape index (κ2) is 14.7. The number of carbonyl (C=O) groups is 1. The first-order valence-corrected chi connectivity index (χ1v) is 18.0. The van der Waals surface area contributed by atoms with E-state index in [0.29, 0.717) is 59.9 Å². The molecule has 4 fully saturated rings. The number of ether oxygens (including phenoxy) is 1. The van der Waals surface area contributed by atoms with E-state index in [1.165, 1.54) is 31.3 Å². The maximum Gasteiger partial charge on any atom is 0.247 e. The molecule has 0 bridgehead atoms. The number of piperidine rings is 1. The van der Waals surface area contributed by atoms with Crippen LogP contribution < -0.4 is 25.3 Å². The lowest BCUT2D eigenvalue weighted by Gasteiger charge is -2.49. The molecule has 7 rings (SSSR count). The number of hydroxylamine groups is 1. The van der Waals surface area contributed by atoms with Crippen LogP contribution in [0.3, 0.4) is 0 Å². The first-order valence-electron chi connectivity index (χ1n) is 17.6. The van der Waals surface area contributed by atoms with E-state index in [-0.39, 0.29) is 17.0 Å². The summed E-state index contributed by atoms with van der Waals surface area (Å²) in [5, 5.41) is 8.14. The second-order valence-electron chi connectivity index (χ2n) is 13.8. The van der Waals surface area contributed by atoms with E-state index in [1.54, 1.807) is 30.4 Å². The van der Waals surface area contributed by atoms with E-state index in [9.17, 15) is 9.18 Å². The number of methoxy groups -OCH3 is 1. The van der Waals surface area contributed by atoms with Gasteiger partial charge in [0.05, 0.1) is 41.8 Å². The molecule has 4 heterocycles. The quantitative estimate of drug-likeness (QED) is 0.226. The SMILES string of the molecule is C=CC(=O)Nc1cc(Nc2cc(N3OCCC3c3ccc(F)c(Cl)c3)ncn2)c(OC)cc1N1CCC(N2C[C@H](C)N(C3CC3)C[C@@H]2C)CC1. The number of anilines is 5. The fraction of sp³-hybridized carbons (Fsp3) is 0.486. The minimum Gasteiger partial charge on any atom is -0.494 e. The van der Waals surface area contributed by atoms with Gasteiger partial charge >= 0.3 is 0 Å². The zero-order valence-corrected chi connectivity index (χ0v) is 29.7. The highest BCUT2D eigenvalue weighted by Crippen LogP contribution is 2.41. The Hall–Kier alpha value is -3.97. The van der Waals surface area contributed by atoms with Crippen LogP contribution in [0.1, 0.15) is 57.6 Å². The lowest BCUT2D eigenvalue weighted by molar-refractivity contribution is -0.111. The fourth-order valence-corrected chi connectivity index (χ4v) is 8.00. The molecule has 2 N–H and O–H groups in total. The number of carbonyl (C=O) groups excluding carboxylic acids is 1. The lowest BCUT2D eigenvalue weighted by atomic mass is 9.97. The molecule has 3 saturated heterocycles. The van der Waals surface area contributed by atoms with Crippen molar-refractivity contribution in [3.8, 4) is 5.75 Å². The van der Waals surface area contributed by atoms with Crippen LogP contribution in [-0.2, 0) is 9.63 Å². The number of aromatic nitrogens is 2. The second-order valence-corrected chi connectivity index (χ2v) is 14.2. The predicted octanol–water partition coefficient (Wildman–Crippen LogP) is 6.55. The molecule has 1 aromatic heterocycles. The van der Waals surface area contributed by atoms with Crippen LogP contribution in [0, 0.1) is 5.82 Å². The van der Waals surface area contributed by atoms with Crippen LogP contribution in [0.5, 0.6) is 5.75 Å². The zero-order chi connectivity index (χ0) is 34.9. The summed E-state index contributed by atoms with van der Waals surface area (Å²) in [5.74, 6) is 0.871. The number of nitrogens with zero attached hydrogens (tertiary/aromatic N) is 6. The molecule has 1 unspecified atom stereocenters. The van der Waals surface area contributed by atoms with E-state index in [1.807, 2.05) is 12.1 Å². The first-order chi connectivity index (χ1) is 24.2.